The number of hydrogen-bond donors (Lipinski definition) is 0. The standard InChI is InChI=1S/Ag.AsH3.Cu.Pb.H2Se.H2Te.2H/h;1H3;;;2*1H2;;. The van der Waals surface area contributed by atoms with E-state index in [2.05, 4.69) is 0 Å². The zero-order valence-corrected chi connectivity index (χ0v) is 18.9. The van der Waals surface area contributed by atoms with Crippen LogP contribution < -0.4 is 0 Å². The van der Waals surface area contributed by atoms with Gasteiger partial charge in [-0.3, -0.25) is 0 Å². The first-order valence-corrected chi connectivity index (χ1v) is 0. The van der Waals surface area contributed by atoms with Gasteiger partial charge in [0.1, 0.15) is 0 Å². The third-order valence-electron chi connectivity index (χ3n) is 0. The van der Waals surface area contributed by atoms with E-state index in [4.69, 9.17) is 0 Å². The van der Waals surface area contributed by atoms with Crippen molar-refractivity contribution < 1.29 is 39.4 Å². The molecule has 0 spiro atoms. The Kier molecular flexibility index (Phi) is 299. The topological polar surface area (TPSA) is 0 Å². The van der Waals surface area contributed by atoms with Crippen LogP contribution >= 0.6 is 0 Å². The van der Waals surface area contributed by atoms with Gasteiger partial charge in [-0.2, -0.15) is 0 Å². The number of rotatable bonds is 0. The van der Waals surface area contributed by atoms with E-state index in [0.717, 1.165) is 0 Å². The van der Waals surface area contributed by atoms with E-state index in [1.807, 2.05) is 0 Å². The quantitative estimate of drug-likeness (QED) is 0.232. The molecule has 1 unspecified atom stereocenters. The van der Waals surface area contributed by atoms with Crippen LogP contribution in [0, 0.1) is 0 Å². The van der Waals surface area contributed by atoms with Crippen LogP contribution in [0.4, 0.5) is 0 Å². The fraction of sp³-hybridized carbons (Fsp3) is 0. The van der Waals surface area contributed by atoms with E-state index in [1.54, 1.807) is 0 Å². The molecule has 0 aromatic heterocycles. The molecular weight excluding hydrogens is 660 g/mol. The maximum absolute atomic E-state index is 0. The van der Waals surface area contributed by atoms with Crippen LogP contribution in [0.25, 0.3) is 0 Å². The van der Waals surface area contributed by atoms with Crippen molar-refractivity contribution in [1.82, 2.24) is 0 Å². The van der Waals surface area contributed by atoms with Gasteiger partial charge in [0.15, 0.2) is 0 Å². The minimum absolute atomic E-state index is 0. The minimum atomic E-state index is 0. The average molecular weight is 669 g/mol. The van der Waals surface area contributed by atoms with Crippen LogP contribution in [-0.2, 0) is 39.4 Å². The van der Waals surface area contributed by atoms with E-state index in [9.17, 15) is 0 Å². The van der Waals surface area contributed by atoms with Crippen molar-refractivity contribution in [2.45, 2.75) is 0 Å². The van der Waals surface area contributed by atoms with Crippen molar-refractivity contribution >= 4 is 86.0 Å². The zero-order chi connectivity index (χ0) is 0. The van der Waals surface area contributed by atoms with E-state index in [0.29, 0.717) is 0 Å². The monoisotopic (exact) mass is 672 g/mol. The molecule has 0 heterocycles. The van der Waals surface area contributed by atoms with Crippen molar-refractivity contribution in [1.29, 1.82) is 0 Å². The van der Waals surface area contributed by atoms with E-state index >= 15 is 0 Å². The van der Waals surface area contributed by atoms with Gasteiger partial charge in [0.05, 0.1) is 0 Å². The van der Waals surface area contributed by atoms with Crippen molar-refractivity contribution in [3.8, 4) is 0 Å². The molecule has 0 amide bonds. The molecule has 6 heavy (non-hydrogen) atoms. The summed E-state index contributed by atoms with van der Waals surface area (Å²) in [5.74, 6) is 0. The van der Waals surface area contributed by atoms with Crippen molar-refractivity contribution in [2.24, 2.45) is 0 Å². The molecule has 52 valence electrons. The average Bonchev–Trinajstić information content (AvgIpc) is 0. The Morgan fingerprint density at radius 1 is 1.00 bits per heavy atom. The summed E-state index contributed by atoms with van der Waals surface area (Å²) in [6.07, 6.45) is 0. The third kappa shape index (κ3) is 24.4. The molecule has 0 aromatic carbocycles. The molecule has 0 N–H and O–H groups in total. The van der Waals surface area contributed by atoms with Crippen LogP contribution in [0.2, 0.25) is 0 Å². The predicted octanol–water partition coefficient (Wildman–Crippen LogP) is -3.94. The second-order valence-electron chi connectivity index (χ2n) is 0. The van der Waals surface area contributed by atoms with Gasteiger partial charge in [-0.15, -0.1) is 0 Å². The van der Waals surface area contributed by atoms with Crippen LogP contribution in [-0.4, -0.2) is 86.0 Å². The molecule has 4 radical (unpaired) electrons. The molecule has 0 rings (SSSR count). The zero-order valence-electron chi connectivity index (χ0n) is 3.02. The van der Waals surface area contributed by atoms with Crippen LogP contribution in [0.5, 0.6) is 0 Å². The molecule has 0 nitrogen and oxygen atoms in total. The predicted molar refractivity (Wildman–Crippen MR) is 35.6 cm³/mol. The molecule has 0 aromatic rings. The summed E-state index contributed by atoms with van der Waals surface area (Å²) in [7, 11) is 0. The van der Waals surface area contributed by atoms with E-state index < -0.39 is 0 Å². The normalized spacial score (nSPS) is 0. The van der Waals surface area contributed by atoms with E-state index in [-0.39, 0.29) is 125 Å². The number of hydrogen-bond acceptors (Lipinski definition) is 0. The molecule has 0 bridgehead atoms. The molecular formula is H9AgAsCuPbSeTe. The summed E-state index contributed by atoms with van der Waals surface area (Å²) in [5.41, 5.74) is 0. The first-order valence-electron chi connectivity index (χ1n) is 0. The summed E-state index contributed by atoms with van der Waals surface area (Å²) < 4.78 is 0. The SMILES string of the molecule is [Ag].[AsH3].[Cu].[PbH2].[SeH2].[TeH2]. The van der Waals surface area contributed by atoms with Gasteiger partial charge < -0.3 is 0 Å². The maximum atomic E-state index is 0. The second kappa shape index (κ2) is 35.8. The Balaban J connectivity index is 0. The Morgan fingerprint density at radius 2 is 1.00 bits per heavy atom. The first kappa shape index (κ1) is 50.2. The molecule has 0 aliphatic carbocycles. The van der Waals surface area contributed by atoms with Crippen molar-refractivity contribution in [3.63, 3.8) is 0 Å². The van der Waals surface area contributed by atoms with Gasteiger partial charge in [-0.25, -0.2) is 0 Å². The van der Waals surface area contributed by atoms with Gasteiger partial charge in [-0.05, 0) is 0 Å². The molecule has 6 heteroatoms. The fourth-order valence-corrected chi connectivity index (χ4v) is 0. The van der Waals surface area contributed by atoms with Crippen LogP contribution in [0.3, 0.4) is 0 Å². The van der Waals surface area contributed by atoms with Crippen molar-refractivity contribution in [2.75, 3.05) is 0 Å². The third-order valence-corrected chi connectivity index (χ3v) is 0. The Bertz CT molecular complexity index is 15.5. The van der Waals surface area contributed by atoms with Gasteiger partial charge in [0.25, 0.3) is 0 Å². The molecule has 0 aliphatic heterocycles. The van der Waals surface area contributed by atoms with Gasteiger partial charge in [0, 0.05) is 39.4 Å². The van der Waals surface area contributed by atoms with Crippen molar-refractivity contribution in [3.05, 3.63) is 0 Å². The van der Waals surface area contributed by atoms with Crippen LogP contribution in [0.15, 0.2) is 0 Å². The Labute approximate surface area is 123 Å². The van der Waals surface area contributed by atoms with Gasteiger partial charge in [0.2, 0.25) is 0 Å². The first-order chi connectivity index (χ1) is 0. The Morgan fingerprint density at radius 3 is 1.00 bits per heavy atom. The van der Waals surface area contributed by atoms with Crippen LogP contribution in [0.1, 0.15) is 0 Å². The molecule has 0 saturated heterocycles. The Hall–Kier alpha value is 4.05. The second-order valence-corrected chi connectivity index (χ2v) is 0. The summed E-state index contributed by atoms with van der Waals surface area (Å²) in [6, 6.07) is 0. The molecule has 0 fully saturated rings. The van der Waals surface area contributed by atoms with Gasteiger partial charge in [-0.1, -0.05) is 0 Å². The summed E-state index contributed by atoms with van der Waals surface area (Å²) in [4.78, 5) is 0. The summed E-state index contributed by atoms with van der Waals surface area (Å²) >= 11 is 0. The fourth-order valence-electron chi connectivity index (χ4n) is 0. The van der Waals surface area contributed by atoms with Gasteiger partial charge >= 0.3 is 86.0 Å². The van der Waals surface area contributed by atoms with E-state index in [1.165, 1.54) is 0 Å². The summed E-state index contributed by atoms with van der Waals surface area (Å²) in [5, 5.41) is 0. The summed E-state index contributed by atoms with van der Waals surface area (Å²) in [6.45, 7) is 0. The molecule has 0 aliphatic rings. The molecule has 0 saturated carbocycles. The molecule has 1 atom stereocenters.